The van der Waals surface area contributed by atoms with Crippen LogP contribution in [-0.2, 0) is 0 Å². The van der Waals surface area contributed by atoms with Crippen LogP contribution in [-0.4, -0.2) is 9.37 Å². The van der Waals surface area contributed by atoms with Gasteiger partial charge in [0.2, 0.25) is 0 Å². The van der Waals surface area contributed by atoms with Gasteiger partial charge in [-0.05, 0) is 15.9 Å². The first-order chi connectivity index (χ1) is 4.22. The lowest BCUT2D eigenvalue weighted by atomic mass is 10.9. The summed E-state index contributed by atoms with van der Waals surface area (Å²) in [4.78, 5) is 0. The summed E-state index contributed by atoms with van der Waals surface area (Å²) < 4.78 is 12.1. The number of halogens is 2. The van der Waals surface area contributed by atoms with Gasteiger partial charge in [-0.15, -0.1) is 4.68 Å². The Morgan fingerprint density at radius 1 is 1.56 bits per heavy atom. The molecule has 0 saturated heterocycles. The van der Waals surface area contributed by atoms with Crippen molar-refractivity contribution in [1.29, 1.82) is 0 Å². The molecule has 0 radical (unpaired) electrons. The average Bonchev–Trinajstić information content (AvgIpc) is 1.83. The third-order valence-corrected chi connectivity index (χ3v) is 0.994. The smallest absolute Gasteiger partial charge is 0.314 e. The molecule has 0 fully saturated rings. The summed E-state index contributed by atoms with van der Waals surface area (Å²) in [5.41, 5.74) is 0. The molecule has 7 heteroatoms. The first-order valence-corrected chi connectivity index (χ1v) is 2.49. The van der Waals surface area contributed by atoms with E-state index in [-0.39, 0.29) is 0 Å². The topological polar surface area (TPSA) is 64.6 Å². The number of hydrogen-bond acceptors (Lipinski definition) is 4. The minimum Gasteiger partial charge on any atom is -0.488 e. The highest BCUT2D eigenvalue weighted by atomic mass is 35.5. The zero-order chi connectivity index (χ0) is 6.85. The van der Waals surface area contributed by atoms with Crippen LogP contribution < -0.4 is 0 Å². The van der Waals surface area contributed by atoms with Crippen molar-refractivity contribution in [2.45, 2.75) is 0 Å². The monoisotopic (exact) mass is 173 g/mol. The maximum Gasteiger partial charge on any atom is 0.314 e. The third-order valence-electron chi connectivity index (χ3n) is 0.545. The molecule has 0 aliphatic rings. The van der Waals surface area contributed by atoms with Gasteiger partial charge in [0.15, 0.2) is 0 Å². The Labute approximate surface area is 58.6 Å². The first-order valence-electron chi connectivity index (χ1n) is 1.78. The lowest BCUT2D eigenvalue weighted by Gasteiger charge is -1.92. The van der Waals surface area contributed by atoms with Gasteiger partial charge < -0.3 is 5.11 Å². The van der Waals surface area contributed by atoms with Gasteiger partial charge in [0, 0.05) is 0 Å². The van der Waals surface area contributed by atoms with E-state index in [1.165, 1.54) is 0 Å². The maximum atomic E-state index is 8.66. The zero-order valence-electron chi connectivity index (χ0n) is 3.88. The molecule has 52 valence electrons. The third kappa shape index (κ3) is 1.17. The molecule has 5 nitrogen and oxygen atoms in total. The van der Waals surface area contributed by atoms with Crippen molar-refractivity contribution in [3.63, 3.8) is 0 Å². The standard InChI is InChI=1S/C2HCl2NO4/c3-1-2(6)5(4)8-9-7-1/h6H. The van der Waals surface area contributed by atoms with Crippen LogP contribution in [0.25, 0.3) is 0 Å². The number of hydrogen-bond donors (Lipinski definition) is 1. The molecular weight excluding hydrogens is 173 g/mol. The molecule has 0 bridgehead atoms. The van der Waals surface area contributed by atoms with E-state index < -0.39 is 11.1 Å². The highest BCUT2D eigenvalue weighted by Crippen LogP contribution is 2.21. The summed E-state index contributed by atoms with van der Waals surface area (Å²) in [6.07, 6.45) is 0. The maximum absolute atomic E-state index is 8.66. The normalized spacial score (nSPS) is 9.56. The summed E-state index contributed by atoms with van der Waals surface area (Å²) in [6, 6.07) is 0. The van der Waals surface area contributed by atoms with Gasteiger partial charge in [-0.2, -0.15) is 0 Å². The number of nitrogens with zero attached hydrogens (tertiary/aromatic N) is 1. The van der Waals surface area contributed by atoms with E-state index in [0.29, 0.717) is 4.26 Å². The van der Waals surface area contributed by atoms with Crippen LogP contribution in [0.5, 0.6) is 5.88 Å². The fraction of sp³-hybridized carbons (Fsp3) is 0. The van der Waals surface area contributed by atoms with Crippen LogP contribution in [0.1, 0.15) is 0 Å². The Morgan fingerprint density at radius 2 is 2.22 bits per heavy atom. The minimum absolute atomic E-state index is 0.381. The van der Waals surface area contributed by atoms with Gasteiger partial charge in [0.25, 0.3) is 0 Å². The van der Waals surface area contributed by atoms with E-state index in [9.17, 15) is 0 Å². The van der Waals surface area contributed by atoms with Crippen LogP contribution in [0.3, 0.4) is 0 Å². The highest BCUT2D eigenvalue weighted by Gasteiger charge is 2.06. The van der Waals surface area contributed by atoms with Crippen LogP contribution >= 0.6 is 23.4 Å². The molecule has 1 aromatic rings. The van der Waals surface area contributed by atoms with E-state index in [1.807, 2.05) is 0 Å². The largest absolute Gasteiger partial charge is 0.488 e. The Hall–Kier alpha value is -0.680. The van der Waals surface area contributed by atoms with E-state index in [0.717, 1.165) is 0 Å². The van der Waals surface area contributed by atoms with Crippen molar-refractivity contribution in [3.05, 3.63) is 5.22 Å². The van der Waals surface area contributed by atoms with E-state index >= 15 is 0 Å². The molecule has 0 spiro atoms. The molecule has 0 atom stereocenters. The average molecular weight is 174 g/mol. The SMILES string of the molecule is Oc1c(Cl)ooon1Cl. The Bertz CT molecular complexity index is 208. The second-order valence-corrected chi connectivity index (χ2v) is 1.72. The summed E-state index contributed by atoms with van der Waals surface area (Å²) >= 11 is 10.2. The van der Waals surface area contributed by atoms with Gasteiger partial charge in [0.05, 0.1) is 11.8 Å². The lowest BCUT2D eigenvalue weighted by Crippen LogP contribution is -1.81. The molecular formula is C2HCl2NO4. The molecule has 0 saturated carbocycles. The molecule has 1 N–H and O–H groups in total. The fourth-order valence-corrected chi connectivity index (χ4v) is 0.459. The predicted molar refractivity (Wildman–Crippen MR) is 26.8 cm³/mol. The van der Waals surface area contributed by atoms with Crippen LogP contribution in [0.4, 0.5) is 0 Å². The number of aromatic nitrogens is 1. The van der Waals surface area contributed by atoms with Crippen molar-refractivity contribution in [2.24, 2.45) is 0 Å². The molecule has 0 unspecified atom stereocenters. The highest BCUT2D eigenvalue weighted by molar-refractivity contribution is 6.30. The van der Waals surface area contributed by atoms with Crippen molar-refractivity contribution in [2.75, 3.05) is 0 Å². The van der Waals surface area contributed by atoms with Crippen molar-refractivity contribution in [3.8, 4) is 5.88 Å². The Kier molecular flexibility index (Phi) is 1.63. The Balaban J connectivity index is 3.25. The predicted octanol–water partition coefficient (Wildman–Crippen LogP) is 1.75. The number of aromatic hydroxyl groups is 1. The fourth-order valence-electron chi connectivity index (χ4n) is 0.213. The quantitative estimate of drug-likeness (QED) is 0.608. The first kappa shape index (κ1) is 6.44. The second-order valence-electron chi connectivity index (χ2n) is 1.07. The molecule has 1 aromatic heterocycles. The van der Waals surface area contributed by atoms with E-state index in [2.05, 4.69) is 14.0 Å². The van der Waals surface area contributed by atoms with Crippen LogP contribution in [0.2, 0.25) is 5.22 Å². The van der Waals surface area contributed by atoms with Crippen molar-refractivity contribution in [1.82, 2.24) is 4.26 Å². The molecule has 0 aliphatic carbocycles. The van der Waals surface area contributed by atoms with E-state index in [4.69, 9.17) is 28.5 Å². The van der Waals surface area contributed by atoms with Crippen LogP contribution in [0, 0.1) is 0 Å². The van der Waals surface area contributed by atoms with Gasteiger partial charge in [-0.3, -0.25) is 0 Å². The van der Waals surface area contributed by atoms with Gasteiger partial charge in [-0.25, -0.2) is 4.58 Å². The molecule has 0 amide bonds. The minimum atomic E-state index is -0.565. The zero-order valence-corrected chi connectivity index (χ0v) is 5.39. The van der Waals surface area contributed by atoms with Gasteiger partial charge in [0.1, 0.15) is 0 Å². The molecule has 1 rings (SSSR count). The summed E-state index contributed by atoms with van der Waals surface area (Å²) in [6.45, 7) is 0. The lowest BCUT2D eigenvalue weighted by molar-refractivity contribution is -0.226. The van der Waals surface area contributed by atoms with Gasteiger partial charge in [-0.1, -0.05) is 4.74 Å². The summed E-state index contributed by atoms with van der Waals surface area (Å²) in [7, 11) is 0. The molecule has 0 aromatic carbocycles. The molecule has 0 aliphatic heterocycles. The van der Waals surface area contributed by atoms with Crippen molar-refractivity contribution < 1.29 is 19.1 Å². The molecule has 9 heavy (non-hydrogen) atoms. The number of rotatable bonds is 0. The van der Waals surface area contributed by atoms with Crippen LogP contribution in [0.15, 0.2) is 14.0 Å². The summed E-state index contributed by atoms with van der Waals surface area (Å²) in [5, 5.41) is 8.27. The summed E-state index contributed by atoms with van der Waals surface area (Å²) in [5.74, 6) is -0.565. The second kappa shape index (κ2) is 2.28. The van der Waals surface area contributed by atoms with Gasteiger partial charge >= 0.3 is 11.1 Å². The van der Waals surface area contributed by atoms with E-state index in [1.54, 1.807) is 0 Å². The molecule has 1 heterocycles. The van der Waals surface area contributed by atoms with Crippen molar-refractivity contribution >= 4 is 23.4 Å². The Morgan fingerprint density at radius 3 is 2.67 bits per heavy atom.